The number of fused-ring (bicyclic) bond motifs is 1. The van der Waals surface area contributed by atoms with Gasteiger partial charge in [0.25, 0.3) is 5.91 Å². The van der Waals surface area contributed by atoms with Crippen molar-refractivity contribution in [2.75, 3.05) is 24.3 Å². The van der Waals surface area contributed by atoms with E-state index in [0.717, 1.165) is 39.0 Å². The number of pyridine rings is 1. The Morgan fingerprint density at radius 2 is 1.76 bits per heavy atom. The average Bonchev–Trinajstić information content (AvgIpc) is 3.17. The molecule has 0 bridgehead atoms. The lowest BCUT2D eigenvalue weighted by molar-refractivity contribution is -0.113. The van der Waals surface area contributed by atoms with Gasteiger partial charge in [-0.2, -0.15) is 4.99 Å². The summed E-state index contributed by atoms with van der Waals surface area (Å²) in [6, 6.07) is 26.3. The number of hydrogen-bond donors (Lipinski definition) is 1. The fraction of sp³-hybridized carbons (Fsp3) is 0.0741. The fourth-order valence-electron chi connectivity index (χ4n) is 3.70. The summed E-state index contributed by atoms with van der Waals surface area (Å²) in [5.74, 6) is -0.235. The van der Waals surface area contributed by atoms with Crippen molar-refractivity contribution in [1.29, 1.82) is 0 Å². The van der Waals surface area contributed by atoms with Gasteiger partial charge < -0.3 is 10.2 Å². The molecule has 4 aromatic rings. The number of para-hydroxylation sites is 1. The summed E-state index contributed by atoms with van der Waals surface area (Å²) < 4.78 is 0. The second kappa shape index (κ2) is 8.92. The summed E-state index contributed by atoms with van der Waals surface area (Å²) >= 11 is 1.35. The van der Waals surface area contributed by atoms with E-state index in [4.69, 9.17) is 0 Å². The van der Waals surface area contributed by atoms with Gasteiger partial charge in [0.2, 0.25) is 0 Å². The maximum atomic E-state index is 12.6. The number of aromatic nitrogens is 1. The van der Waals surface area contributed by atoms with Crippen molar-refractivity contribution in [3.05, 3.63) is 95.5 Å². The minimum Gasteiger partial charge on any atom is -0.378 e. The van der Waals surface area contributed by atoms with Crippen molar-refractivity contribution in [2.45, 2.75) is 0 Å². The maximum absolute atomic E-state index is 12.6. The monoisotopic (exact) mass is 450 g/mol. The number of anilines is 2. The van der Waals surface area contributed by atoms with E-state index in [1.165, 1.54) is 11.8 Å². The first-order valence-corrected chi connectivity index (χ1v) is 11.4. The maximum Gasteiger partial charge on any atom is 0.286 e. The normalized spacial score (nSPS) is 14.5. The number of rotatable bonds is 4. The summed E-state index contributed by atoms with van der Waals surface area (Å²) in [6.45, 7) is 0. The second-order valence-electron chi connectivity index (χ2n) is 7.90. The highest BCUT2D eigenvalue weighted by atomic mass is 32.2. The number of aliphatic imine (C=N–C) groups is 1. The first-order chi connectivity index (χ1) is 16.1. The molecular formula is C27H22N4OS. The zero-order valence-electron chi connectivity index (χ0n) is 18.3. The third-order valence-electron chi connectivity index (χ3n) is 5.41. The lowest BCUT2D eigenvalue weighted by Gasteiger charge is -2.15. The van der Waals surface area contributed by atoms with Crippen molar-refractivity contribution < 1.29 is 4.79 Å². The molecule has 0 radical (unpaired) electrons. The Morgan fingerprint density at radius 3 is 2.58 bits per heavy atom. The summed E-state index contributed by atoms with van der Waals surface area (Å²) in [4.78, 5) is 23.8. The van der Waals surface area contributed by atoms with Gasteiger partial charge >= 0.3 is 0 Å². The first kappa shape index (κ1) is 21.0. The molecule has 1 aromatic heterocycles. The number of hydrogen-bond acceptors (Lipinski definition) is 5. The molecular weight excluding hydrogens is 428 g/mol. The highest BCUT2D eigenvalue weighted by molar-refractivity contribution is 8.18. The standard InChI is InChI=1S/C27H22N4OS/c1-31(2)21-12-10-19(11-13-21)22-7-3-4-8-24(22)29-27-30-26(32)25(33-27)17-18-9-14-23-20(16-18)6-5-15-28-23/h3-17H,1-2H3,(H,29,30,32)/b25-17-. The van der Waals surface area contributed by atoms with E-state index in [1.54, 1.807) is 6.20 Å². The molecule has 1 aliphatic rings. The molecule has 0 unspecified atom stereocenters. The molecule has 0 saturated carbocycles. The van der Waals surface area contributed by atoms with Crippen LogP contribution in [0.25, 0.3) is 28.1 Å². The number of amides is 1. The van der Waals surface area contributed by atoms with Gasteiger partial charge in [0.05, 0.1) is 10.4 Å². The van der Waals surface area contributed by atoms with E-state index in [9.17, 15) is 4.79 Å². The van der Waals surface area contributed by atoms with E-state index < -0.39 is 0 Å². The highest BCUT2D eigenvalue weighted by Crippen LogP contribution is 2.34. The lowest BCUT2D eigenvalue weighted by atomic mass is 10.0. The predicted octanol–water partition coefficient (Wildman–Crippen LogP) is 6.05. The van der Waals surface area contributed by atoms with Gasteiger partial charge in [-0.05, 0) is 65.4 Å². The van der Waals surface area contributed by atoms with Crippen LogP contribution >= 0.6 is 11.8 Å². The zero-order valence-corrected chi connectivity index (χ0v) is 19.1. The number of carbonyl (C=O) groups is 1. The van der Waals surface area contributed by atoms with Crippen LogP contribution < -0.4 is 10.2 Å². The third-order valence-corrected chi connectivity index (χ3v) is 6.31. The van der Waals surface area contributed by atoms with Gasteiger partial charge in [-0.15, -0.1) is 0 Å². The molecule has 5 rings (SSSR count). The minimum absolute atomic E-state index is 0.235. The first-order valence-electron chi connectivity index (χ1n) is 10.6. The van der Waals surface area contributed by atoms with Crippen LogP contribution in [0, 0.1) is 0 Å². The summed E-state index contributed by atoms with van der Waals surface area (Å²) in [5.41, 5.74) is 6.08. The van der Waals surface area contributed by atoms with Crippen LogP contribution in [-0.4, -0.2) is 30.2 Å². The van der Waals surface area contributed by atoms with Crippen LogP contribution in [-0.2, 0) is 4.79 Å². The predicted molar refractivity (Wildman–Crippen MR) is 140 cm³/mol. The summed E-state index contributed by atoms with van der Waals surface area (Å²) in [5, 5.41) is 4.96. The third kappa shape index (κ3) is 4.52. The topological polar surface area (TPSA) is 57.6 Å². The molecule has 1 N–H and O–H groups in total. The lowest BCUT2D eigenvalue weighted by Crippen LogP contribution is -2.08. The summed E-state index contributed by atoms with van der Waals surface area (Å²) in [6.07, 6.45) is 3.65. The molecule has 0 atom stereocenters. The number of amidine groups is 1. The minimum atomic E-state index is -0.235. The van der Waals surface area contributed by atoms with Gasteiger partial charge in [0.1, 0.15) is 0 Å². The van der Waals surface area contributed by atoms with E-state index in [2.05, 4.69) is 50.5 Å². The molecule has 162 valence electrons. The molecule has 33 heavy (non-hydrogen) atoms. The molecule has 1 aliphatic heterocycles. The molecule has 0 fully saturated rings. The second-order valence-corrected chi connectivity index (χ2v) is 8.93. The van der Waals surface area contributed by atoms with E-state index >= 15 is 0 Å². The molecule has 0 spiro atoms. The molecule has 3 aromatic carbocycles. The van der Waals surface area contributed by atoms with Crippen LogP contribution in [0.3, 0.4) is 0 Å². The van der Waals surface area contributed by atoms with Gasteiger partial charge in [-0.3, -0.25) is 9.78 Å². The molecule has 5 nitrogen and oxygen atoms in total. The van der Waals surface area contributed by atoms with Crippen molar-refractivity contribution >= 4 is 51.2 Å². The van der Waals surface area contributed by atoms with Crippen molar-refractivity contribution in [1.82, 2.24) is 4.98 Å². The highest BCUT2D eigenvalue weighted by Gasteiger charge is 2.22. The Bertz CT molecular complexity index is 1410. The molecule has 0 saturated heterocycles. The van der Waals surface area contributed by atoms with Crippen molar-refractivity contribution in [3.63, 3.8) is 0 Å². The van der Waals surface area contributed by atoms with Crippen LogP contribution in [0.1, 0.15) is 5.56 Å². The number of thioether (sulfide) groups is 1. The Balaban J connectivity index is 1.37. The van der Waals surface area contributed by atoms with E-state index in [0.29, 0.717) is 10.1 Å². The molecule has 1 amide bonds. The summed E-state index contributed by atoms with van der Waals surface area (Å²) in [7, 11) is 4.05. The van der Waals surface area contributed by atoms with Gasteiger partial charge in [-0.1, -0.05) is 42.5 Å². The number of nitrogens with zero attached hydrogens (tertiary/aromatic N) is 3. The Labute approximate surface area is 196 Å². The van der Waals surface area contributed by atoms with Crippen LogP contribution in [0.15, 0.2) is 95.0 Å². The molecule has 2 heterocycles. The largest absolute Gasteiger partial charge is 0.378 e. The molecule has 0 aliphatic carbocycles. The number of benzene rings is 3. The van der Waals surface area contributed by atoms with E-state index in [1.807, 2.05) is 68.7 Å². The number of nitrogens with one attached hydrogen (secondary N) is 1. The van der Waals surface area contributed by atoms with E-state index in [-0.39, 0.29) is 5.91 Å². The smallest absolute Gasteiger partial charge is 0.286 e. The zero-order chi connectivity index (χ0) is 22.8. The fourth-order valence-corrected chi connectivity index (χ4v) is 4.52. The van der Waals surface area contributed by atoms with Gasteiger partial charge in [0.15, 0.2) is 5.17 Å². The quantitative estimate of drug-likeness (QED) is 0.384. The Hall–Kier alpha value is -3.90. The SMILES string of the molecule is CN(C)c1ccc(-c2ccccc2NC2=NC(=O)/C(=C/c3ccc4ncccc4c3)S2)cc1. The molecule has 6 heteroatoms. The number of carbonyl (C=O) groups excluding carboxylic acids is 1. The van der Waals surface area contributed by atoms with Crippen molar-refractivity contribution in [2.24, 2.45) is 4.99 Å². The van der Waals surface area contributed by atoms with Crippen LogP contribution in [0.4, 0.5) is 11.4 Å². The average molecular weight is 451 g/mol. The Morgan fingerprint density at radius 1 is 0.939 bits per heavy atom. The van der Waals surface area contributed by atoms with Crippen LogP contribution in [0.5, 0.6) is 0 Å². The van der Waals surface area contributed by atoms with Gasteiger partial charge in [-0.25, -0.2) is 0 Å². The van der Waals surface area contributed by atoms with Gasteiger partial charge in [0, 0.05) is 42.6 Å². The Kier molecular flexibility index (Phi) is 5.67. The van der Waals surface area contributed by atoms with Crippen LogP contribution in [0.2, 0.25) is 0 Å². The van der Waals surface area contributed by atoms with Crippen molar-refractivity contribution in [3.8, 4) is 11.1 Å².